The Bertz CT molecular complexity index is 1200. The van der Waals surface area contributed by atoms with Crippen LogP contribution in [0.1, 0.15) is 21.5 Å². The van der Waals surface area contributed by atoms with Gasteiger partial charge >= 0.3 is 5.97 Å². The standard InChI is InChI=1S/C24H15BrClNO3/c25-18-8-6-15(7-9-18)12-17-13-22(16-4-2-1-3-5-16)27(23(17)28)19-10-11-21(26)20(14-19)24(29)30/h1-14H,(H,29,30)/b17-12+. The fourth-order valence-electron chi connectivity index (χ4n) is 3.25. The highest BCUT2D eigenvalue weighted by Gasteiger charge is 2.31. The molecule has 0 aliphatic carbocycles. The lowest BCUT2D eigenvalue weighted by atomic mass is 10.1. The summed E-state index contributed by atoms with van der Waals surface area (Å²) < 4.78 is 0.951. The van der Waals surface area contributed by atoms with Crippen LogP contribution in [0.5, 0.6) is 0 Å². The summed E-state index contributed by atoms with van der Waals surface area (Å²) in [5.74, 6) is -1.39. The van der Waals surface area contributed by atoms with Crippen molar-refractivity contribution in [2.24, 2.45) is 0 Å². The summed E-state index contributed by atoms with van der Waals surface area (Å²) >= 11 is 9.43. The van der Waals surface area contributed by atoms with Crippen LogP contribution in [0.25, 0.3) is 11.8 Å². The highest BCUT2D eigenvalue weighted by Crippen LogP contribution is 2.36. The third-order valence-corrected chi connectivity index (χ3v) is 5.54. The molecule has 0 bridgehead atoms. The first-order chi connectivity index (χ1) is 14.4. The van der Waals surface area contributed by atoms with Crippen LogP contribution in [0, 0.1) is 0 Å². The maximum atomic E-state index is 13.3. The zero-order valence-electron chi connectivity index (χ0n) is 15.5. The number of anilines is 1. The number of carboxylic acid groups (broad SMARTS) is 1. The van der Waals surface area contributed by atoms with E-state index in [0.29, 0.717) is 17.0 Å². The maximum absolute atomic E-state index is 13.3. The lowest BCUT2D eigenvalue weighted by Gasteiger charge is -2.21. The Labute approximate surface area is 186 Å². The summed E-state index contributed by atoms with van der Waals surface area (Å²) in [6.07, 6.45) is 3.63. The summed E-state index contributed by atoms with van der Waals surface area (Å²) in [5.41, 5.74) is 3.28. The van der Waals surface area contributed by atoms with Crippen LogP contribution in [0.4, 0.5) is 5.69 Å². The van der Waals surface area contributed by atoms with Gasteiger partial charge in [0.15, 0.2) is 0 Å². The second-order valence-electron chi connectivity index (χ2n) is 6.66. The lowest BCUT2D eigenvalue weighted by molar-refractivity contribution is -0.113. The number of carbonyl (C=O) groups excluding carboxylic acids is 1. The van der Waals surface area contributed by atoms with Gasteiger partial charge in [-0.3, -0.25) is 9.69 Å². The minimum absolute atomic E-state index is 0.0558. The molecule has 4 nitrogen and oxygen atoms in total. The molecule has 4 rings (SSSR count). The molecular formula is C24H15BrClNO3. The molecular weight excluding hydrogens is 466 g/mol. The third-order valence-electron chi connectivity index (χ3n) is 4.68. The first-order valence-electron chi connectivity index (χ1n) is 9.06. The third kappa shape index (κ3) is 3.95. The highest BCUT2D eigenvalue weighted by atomic mass is 79.9. The minimum Gasteiger partial charge on any atom is -0.478 e. The molecule has 3 aromatic rings. The van der Waals surface area contributed by atoms with Crippen molar-refractivity contribution in [3.63, 3.8) is 0 Å². The SMILES string of the molecule is O=C(O)c1cc(N2C(=O)/C(=C/c3ccc(Br)cc3)C=C2c2ccccc2)ccc1Cl. The van der Waals surface area contributed by atoms with E-state index in [0.717, 1.165) is 15.6 Å². The summed E-state index contributed by atoms with van der Waals surface area (Å²) in [7, 11) is 0. The summed E-state index contributed by atoms with van der Waals surface area (Å²) in [5, 5.41) is 9.55. The Morgan fingerprint density at radius 2 is 1.70 bits per heavy atom. The van der Waals surface area contributed by atoms with Crippen LogP contribution in [-0.2, 0) is 4.79 Å². The zero-order valence-corrected chi connectivity index (χ0v) is 17.9. The van der Waals surface area contributed by atoms with Gasteiger partial charge in [-0.05, 0) is 53.6 Å². The van der Waals surface area contributed by atoms with Gasteiger partial charge in [-0.15, -0.1) is 0 Å². The Hall–Kier alpha value is -3.15. The summed E-state index contributed by atoms with van der Waals surface area (Å²) in [6.45, 7) is 0. The van der Waals surface area contributed by atoms with Crippen molar-refractivity contribution in [1.82, 2.24) is 0 Å². The van der Waals surface area contributed by atoms with E-state index < -0.39 is 5.97 Å². The first kappa shape index (κ1) is 20.1. The van der Waals surface area contributed by atoms with Crippen LogP contribution in [0.15, 0.2) is 88.9 Å². The van der Waals surface area contributed by atoms with E-state index in [1.807, 2.05) is 66.7 Å². The number of carbonyl (C=O) groups is 2. The number of benzene rings is 3. The number of amides is 1. The molecule has 1 aliphatic heterocycles. The second-order valence-corrected chi connectivity index (χ2v) is 7.98. The van der Waals surface area contributed by atoms with Gasteiger partial charge in [0.05, 0.1) is 22.0 Å². The average molecular weight is 481 g/mol. The molecule has 0 spiro atoms. The van der Waals surface area contributed by atoms with Crippen molar-refractivity contribution in [3.05, 3.63) is 111 Å². The fourth-order valence-corrected chi connectivity index (χ4v) is 3.71. The van der Waals surface area contributed by atoms with E-state index in [2.05, 4.69) is 15.9 Å². The summed E-state index contributed by atoms with van der Waals surface area (Å²) in [6, 6.07) is 21.7. The number of carboxylic acids is 1. The molecule has 1 N–H and O–H groups in total. The largest absolute Gasteiger partial charge is 0.478 e. The van der Waals surface area contributed by atoms with E-state index in [1.165, 1.54) is 17.0 Å². The van der Waals surface area contributed by atoms with E-state index in [-0.39, 0.29) is 16.5 Å². The molecule has 0 saturated heterocycles. The topological polar surface area (TPSA) is 57.6 Å². The molecule has 3 aromatic carbocycles. The van der Waals surface area contributed by atoms with Crippen LogP contribution >= 0.6 is 27.5 Å². The van der Waals surface area contributed by atoms with Crippen molar-refractivity contribution in [2.75, 3.05) is 4.90 Å². The van der Waals surface area contributed by atoms with Crippen LogP contribution < -0.4 is 4.90 Å². The van der Waals surface area contributed by atoms with Gasteiger partial charge in [-0.1, -0.05) is 70.0 Å². The fraction of sp³-hybridized carbons (Fsp3) is 0. The Morgan fingerprint density at radius 1 is 1.00 bits per heavy atom. The number of aromatic carboxylic acids is 1. The van der Waals surface area contributed by atoms with Crippen LogP contribution in [-0.4, -0.2) is 17.0 Å². The molecule has 6 heteroatoms. The van der Waals surface area contributed by atoms with Gasteiger partial charge in [0, 0.05) is 10.0 Å². The molecule has 148 valence electrons. The van der Waals surface area contributed by atoms with Crippen molar-refractivity contribution < 1.29 is 14.7 Å². The van der Waals surface area contributed by atoms with E-state index in [9.17, 15) is 14.7 Å². The van der Waals surface area contributed by atoms with Gasteiger partial charge < -0.3 is 5.11 Å². The summed E-state index contributed by atoms with van der Waals surface area (Å²) in [4.78, 5) is 26.4. The molecule has 1 aliphatic rings. The van der Waals surface area contributed by atoms with Crippen molar-refractivity contribution >= 4 is 56.9 Å². The lowest BCUT2D eigenvalue weighted by Crippen LogP contribution is -2.25. The van der Waals surface area contributed by atoms with Gasteiger partial charge in [0.25, 0.3) is 5.91 Å². The quantitative estimate of drug-likeness (QED) is 0.448. The van der Waals surface area contributed by atoms with E-state index in [1.54, 1.807) is 6.07 Å². The smallest absolute Gasteiger partial charge is 0.337 e. The number of hydrogen-bond donors (Lipinski definition) is 1. The first-order valence-corrected chi connectivity index (χ1v) is 10.2. The second kappa shape index (κ2) is 8.30. The molecule has 0 saturated carbocycles. The van der Waals surface area contributed by atoms with Crippen LogP contribution in [0.3, 0.4) is 0 Å². The number of nitrogens with zero attached hydrogens (tertiary/aromatic N) is 1. The van der Waals surface area contributed by atoms with Crippen LogP contribution in [0.2, 0.25) is 5.02 Å². The molecule has 1 heterocycles. The van der Waals surface area contributed by atoms with Gasteiger partial charge in [-0.2, -0.15) is 0 Å². The minimum atomic E-state index is -1.15. The monoisotopic (exact) mass is 479 g/mol. The van der Waals surface area contributed by atoms with Crippen molar-refractivity contribution in [2.45, 2.75) is 0 Å². The highest BCUT2D eigenvalue weighted by molar-refractivity contribution is 9.10. The number of rotatable bonds is 4. The Morgan fingerprint density at radius 3 is 2.37 bits per heavy atom. The average Bonchev–Trinajstić information content (AvgIpc) is 3.07. The number of halogens is 2. The van der Waals surface area contributed by atoms with E-state index >= 15 is 0 Å². The Kier molecular flexibility index (Phi) is 5.57. The molecule has 30 heavy (non-hydrogen) atoms. The molecule has 0 unspecified atom stereocenters. The Balaban J connectivity index is 1.84. The molecule has 0 radical (unpaired) electrons. The predicted octanol–water partition coefficient (Wildman–Crippen LogP) is 6.27. The molecule has 1 amide bonds. The normalized spacial score (nSPS) is 14.9. The predicted molar refractivity (Wildman–Crippen MR) is 122 cm³/mol. The molecule has 0 aromatic heterocycles. The van der Waals surface area contributed by atoms with Crippen molar-refractivity contribution in [3.8, 4) is 0 Å². The molecule has 0 atom stereocenters. The van der Waals surface area contributed by atoms with Gasteiger partial charge in [-0.25, -0.2) is 4.79 Å². The molecule has 0 fully saturated rings. The zero-order chi connectivity index (χ0) is 21.3. The van der Waals surface area contributed by atoms with Crippen molar-refractivity contribution in [1.29, 1.82) is 0 Å². The number of hydrogen-bond acceptors (Lipinski definition) is 2. The van der Waals surface area contributed by atoms with E-state index in [4.69, 9.17) is 11.6 Å². The van der Waals surface area contributed by atoms with Gasteiger partial charge in [0.2, 0.25) is 0 Å². The van der Waals surface area contributed by atoms with Gasteiger partial charge in [0.1, 0.15) is 0 Å². The maximum Gasteiger partial charge on any atom is 0.337 e.